The highest BCUT2D eigenvalue weighted by Gasteiger charge is 1.88. The Morgan fingerprint density at radius 3 is 2.45 bits per heavy atom. The number of rotatable bonds is 1. The quantitative estimate of drug-likeness (QED) is 0.610. The Kier molecular flexibility index (Phi) is 2.36. The molecule has 58 valence electrons. The molecule has 0 saturated carbocycles. The Bertz CT molecular complexity index is 255. The first kappa shape index (κ1) is 7.92. The van der Waals surface area contributed by atoms with Crippen LogP contribution in [0.25, 0.3) is 6.08 Å². The molecule has 0 amide bonds. The largest absolute Gasteiger partial charge is 0.258 e. The summed E-state index contributed by atoms with van der Waals surface area (Å²) in [6.07, 6.45) is 5.56. The topological polar surface area (TPSA) is 25.8 Å². The summed E-state index contributed by atoms with van der Waals surface area (Å²) in [6, 6.07) is 0. The number of hydrogen-bond acceptors (Lipinski definition) is 2. The average molecular weight is 148 g/mol. The van der Waals surface area contributed by atoms with E-state index in [0.717, 1.165) is 11.4 Å². The summed E-state index contributed by atoms with van der Waals surface area (Å²) in [4.78, 5) is 8.30. The molecule has 0 aromatic carbocycles. The third kappa shape index (κ3) is 2.50. The van der Waals surface area contributed by atoms with Crippen LogP contribution in [0.2, 0.25) is 0 Å². The lowest BCUT2D eigenvalue weighted by Gasteiger charge is -1.93. The van der Waals surface area contributed by atoms with Gasteiger partial charge < -0.3 is 0 Å². The van der Waals surface area contributed by atoms with Crippen molar-refractivity contribution >= 4 is 6.08 Å². The minimum Gasteiger partial charge on any atom is -0.258 e. The maximum atomic E-state index is 4.18. The Labute approximate surface area is 67.0 Å². The molecule has 1 aromatic rings. The molecule has 0 bridgehead atoms. The monoisotopic (exact) mass is 148 g/mol. The van der Waals surface area contributed by atoms with Crippen LogP contribution in [0.5, 0.6) is 0 Å². The molecular formula is C9H12N2. The summed E-state index contributed by atoms with van der Waals surface area (Å²) in [7, 11) is 0. The van der Waals surface area contributed by atoms with Crippen molar-refractivity contribution in [3.63, 3.8) is 0 Å². The van der Waals surface area contributed by atoms with Gasteiger partial charge in [0.25, 0.3) is 0 Å². The third-order valence-corrected chi connectivity index (χ3v) is 1.24. The van der Waals surface area contributed by atoms with Crippen molar-refractivity contribution in [2.75, 3.05) is 0 Å². The van der Waals surface area contributed by atoms with Crippen molar-refractivity contribution in [3.05, 3.63) is 29.4 Å². The van der Waals surface area contributed by atoms with Gasteiger partial charge in [-0.15, -0.1) is 0 Å². The van der Waals surface area contributed by atoms with E-state index < -0.39 is 0 Å². The minimum atomic E-state index is 0.926. The fraction of sp³-hybridized carbons (Fsp3) is 0.333. The molecular weight excluding hydrogens is 136 g/mol. The van der Waals surface area contributed by atoms with Crippen LogP contribution in [0.1, 0.15) is 25.2 Å². The highest BCUT2D eigenvalue weighted by molar-refractivity contribution is 5.46. The van der Waals surface area contributed by atoms with Gasteiger partial charge in [-0.05, 0) is 26.8 Å². The van der Waals surface area contributed by atoms with Crippen molar-refractivity contribution < 1.29 is 0 Å². The van der Waals surface area contributed by atoms with Gasteiger partial charge in [0, 0.05) is 6.20 Å². The highest BCUT2D eigenvalue weighted by atomic mass is 14.8. The van der Waals surface area contributed by atoms with Crippen LogP contribution >= 0.6 is 0 Å². The lowest BCUT2D eigenvalue weighted by Crippen LogP contribution is -1.86. The maximum absolute atomic E-state index is 4.18. The molecule has 1 heterocycles. The summed E-state index contributed by atoms with van der Waals surface area (Å²) < 4.78 is 0. The van der Waals surface area contributed by atoms with Gasteiger partial charge in [-0.2, -0.15) is 0 Å². The van der Waals surface area contributed by atoms with Gasteiger partial charge in [-0.25, -0.2) is 0 Å². The molecule has 2 nitrogen and oxygen atoms in total. The molecule has 0 aliphatic carbocycles. The molecule has 0 unspecified atom stereocenters. The Morgan fingerprint density at radius 2 is 2.00 bits per heavy atom. The summed E-state index contributed by atoms with van der Waals surface area (Å²) in [6.45, 7) is 6.02. The molecule has 1 aromatic heterocycles. The smallest absolute Gasteiger partial charge is 0.0812 e. The van der Waals surface area contributed by atoms with Crippen LogP contribution in [0.15, 0.2) is 18.0 Å². The second-order valence-electron chi connectivity index (χ2n) is 2.80. The van der Waals surface area contributed by atoms with E-state index in [2.05, 4.69) is 9.97 Å². The number of hydrogen-bond donors (Lipinski definition) is 0. The van der Waals surface area contributed by atoms with Crippen molar-refractivity contribution in [1.82, 2.24) is 9.97 Å². The highest BCUT2D eigenvalue weighted by Crippen LogP contribution is 2.00. The molecule has 0 aliphatic rings. The molecule has 0 fully saturated rings. The number of aromatic nitrogens is 2. The van der Waals surface area contributed by atoms with Crippen molar-refractivity contribution in [2.45, 2.75) is 20.8 Å². The zero-order valence-corrected chi connectivity index (χ0v) is 7.13. The van der Waals surface area contributed by atoms with E-state index in [9.17, 15) is 0 Å². The predicted molar refractivity (Wildman–Crippen MR) is 46.1 cm³/mol. The van der Waals surface area contributed by atoms with E-state index in [1.54, 1.807) is 12.4 Å². The van der Waals surface area contributed by atoms with E-state index in [1.807, 2.05) is 26.8 Å². The van der Waals surface area contributed by atoms with Gasteiger partial charge in [0.15, 0.2) is 0 Å². The van der Waals surface area contributed by atoms with E-state index in [-0.39, 0.29) is 0 Å². The van der Waals surface area contributed by atoms with Gasteiger partial charge in [0.2, 0.25) is 0 Å². The molecule has 1 rings (SSSR count). The SMILES string of the molecule is CC(C)=Cc1cnc(C)cn1. The lowest BCUT2D eigenvalue weighted by atomic mass is 10.3. The number of nitrogens with zero attached hydrogens (tertiary/aromatic N) is 2. The first-order valence-electron chi connectivity index (χ1n) is 3.62. The second-order valence-corrected chi connectivity index (χ2v) is 2.80. The lowest BCUT2D eigenvalue weighted by molar-refractivity contribution is 1.10. The first-order valence-corrected chi connectivity index (χ1v) is 3.62. The van der Waals surface area contributed by atoms with Crippen LogP contribution in [0.3, 0.4) is 0 Å². The summed E-state index contributed by atoms with van der Waals surface area (Å²) in [5.74, 6) is 0. The second kappa shape index (κ2) is 3.28. The number of aryl methyl sites for hydroxylation is 1. The molecule has 11 heavy (non-hydrogen) atoms. The minimum absolute atomic E-state index is 0.926. The van der Waals surface area contributed by atoms with Crippen LogP contribution < -0.4 is 0 Å². The molecule has 0 radical (unpaired) electrons. The molecule has 0 spiro atoms. The Balaban J connectivity index is 2.91. The molecule has 2 heteroatoms. The molecule has 0 atom stereocenters. The summed E-state index contributed by atoms with van der Waals surface area (Å²) in [5.41, 5.74) is 3.12. The first-order chi connectivity index (χ1) is 5.18. The standard InChI is InChI=1S/C9H12N2/c1-7(2)4-9-6-10-8(3)5-11-9/h4-6H,1-3H3. The Hall–Kier alpha value is -1.18. The van der Waals surface area contributed by atoms with Crippen LogP contribution in [-0.4, -0.2) is 9.97 Å². The fourth-order valence-electron chi connectivity index (χ4n) is 0.773. The van der Waals surface area contributed by atoms with Crippen molar-refractivity contribution in [1.29, 1.82) is 0 Å². The van der Waals surface area contributed by atoms with E-state index in [1.165, 1.54) is 5.57 Å². The Morgan fingerprint density at radius 1 is 1.27 bits per heavy atom. The fourth-order valence-corrected chi connectivity index (χ4v) is 0.773. The number of allylic oxidation sites excluding steroid dienone is 1. The zero-order valence-electron chi connectivity index (χ0n) is 7.13. The van der Waals surface area contributed by atoms with Crippen LogP contribution in [-0.2, 0) is 0 Å². The van der Waals surface area contributed by atoms with E-state index in [0.29, 0.717) is 0 Å². The van der Waals surface area contributed by atoms with Crippen molar-refractivity contribution in [3.8, 4) is 0 Å². The van der Waals surface area contributed by atoms with Gasteiger partial charge in [0.05, 0.1) is 17.6 Å². The third-order valence-electron chi connectivity index (χ3n) is 1.24. The summed E-state index contributed by atoms with van der Waals surface area (Å²) in [5, 5.41) is 0. The van der Waals surface area contributed by atoms with Gasteiger partial charge in [0.1, 0.15) is 0 Å². The van der Waals surface area contributed by atoms with Crippen LogP contribution in [0, 0.1) is 6.92 Å². The van der Waals surface area contributed by atoms with E-state index in [4.69, 9.17) is 0 Å². The van der Waals surface area contributed by atoms with Gasteiger partial charge in [-0.1, -0.05) is 5.57 Å². The maximum Gasteiger partial charge on any atom is 0.0812 e. The normalized spacial score (nSPS) is 9.36. The summed E-state index contributed by atoms with van der Waals surface area (Å²) >= 11 is 0. The predicted octanol–water partition coefficient (Wildman–Crippen LogP) is 2.21. The van der Waals surface area contributed by atoms with Crippen LogP contribution in [0.4, 0.5) is 0 Å². The molecule has 0 aliphatic heterocycles. The average Bonchev–Trinajstić information content (AvgIpc) is 1.93. The zero-order chi connectivity index (χ0) is 8.27. The van der Waals surface area contributed by atoms with Crippen molar-refractivity contribution in [2.24, 2.45) is 0 Å². The van der Waals surface area contributed by atoms with Gasteiger partial charge >= 0.3 is 0 Å². The molecule has 0 N–H and O–H groups in total. The molecule has 0 saturated heterocycles. The van der Waals surface area contributed by atoms with Gasteiger partial charge in [-0.3, -0.25) is 9.97 Å². The van der Waals surface area contributed by atoms with E-state index >= 15 is 0 Å².